The molecular formula is C23H21N3O2. The minimum absolute atomic E-state index is 0.123. The molecular weight excluding hydrogens is 350 g/mol. The molecule has 0 unspecified atom stereocenters. The number of rotatable bonds is 5. The lowest BCUT2D eigenvalue weighted by Crippen LogP contribution is -2.16. The number of aryl methyl sites for hydroxylation is 1. The van der Waals surface area contributed by atoms with Gasteiger partial charge in [0, 0.05) is 18.2 Å². The SMILES string of the molecule is Cc1ccc(COc2ccn(-c3ccc4nc(C5CC5)[nH]c4c3)c(=O)c2)cc1. The molecule has 1 fully saturated rings. The Morgan fingerprint density at radius 3 is 2.68 bits per heavy atom. The van der Waals surface area contributed by atoms with Gasteiger partial charge in [0.1, 0.15) is 18.2 Å². The minimum atomic E-state index is -0.123. The standard InChI is InChI=1S/C23H21N3O2/c1-15-2-4-16(5-3-15)14-28-19-10-11-26(22(27)13-19)18-8-9-20-21(12-18)25-23(24-20)17-6-7-17/h2-5,8-13,17H,6-7,14H2,1H3,(H,24,25). The van der Waals surface area contributed by atoms with E-state index >= 15 is 0 Å². The molecule has 0 saturated heterocycles. The smallest absolute Gasteiger partial charge is 0.258 e. The third-order valence-corrected chi connectivity index (χ3v) is 5.14. The van der Waals surface area contributed by atoms with Crippen molar-refractivity contribution >= 4 is 11.0 Å². The van der Waals surface area contributed by atoms with Gasteiger partial charge in [-0.3, -0.25) is 9.36 Å². The van der Waals surface area contributed by atoms with E-state index in [1.165, 1.54) is 24.5 Å². The Bertz CT molecular complexity index is 1200. The summed E-state index contributed by atoms with van der Waals surface area (Å²) in [5.41, 5.74) is 4.88. The highest BCUT2D eigenvalue weighted by Crippen LogP contribution is 2.39. The van der Waals surface area contributed by atoms with Crippen LogP contribution in [0.25, 0.3) is 16.7 Å². The molecule has 1 N–H and O–H groups in total. The average molecular weight is 371 g/mol. The van der Waals surface area contributed by atoms with Gasteiger partial charge in [-0.15, -0.1) is 0 Å². The summed E-state index contributed by atoms with van der Waals surface area (Å²) in [6.45, 7) is 2.49. The van der Waals surface area contributed by atoms with Crippen LogP contribution >= 0.6 is 0 Å². The van der Waals surface area contributed by atoms with Crippen LogP contribution in [0, 0.1) is 6.92 Å². The van der Waals surface area contributed by atoms with Crippen LogP contribution in [0.2, 0.25) is 0 Å². The Labute approximate surface area is 162 Å². The van der Waals surface area contributed by atoms with E-state index in [1.807, 2.05) is 36.4 Å². The van der Waals surface area contributed by atoms with Crippen molar-refractivity contribution in [2.45, 2.75) is 32.3 Å². The summed E-state index contributed by atoms with van der Waals surface area (Å²) in [5, 5.41) is 0. The molecule has 1 saturated carbocycles. The zero-order chi connectivity index (χ0) is 19.1. The first-order valence-electron chi connectivity index (χ1n) is 9.57. The van der Waals surface area contributed by atoms with Crippen LogP contribution in [-0.2, 0) is 6.61 Å². The molecule has 5 rings (SSSR count). The number of aromatic nitrogens is 3. The van der Waals surface area contributed by atoms with Crippen LogP contribution in [0.4, 0.5) is 0 Å². The third kappa shape index (κ3) is 3.31. The molecule has 0 radical (unpaired) electrons. The number of nitrogens with zero attached hydrogens (tertiary/aromatic N) is 2. The van der Waals surface area contributed by atoms with E-state index in [0.717, 1.165) is 28.1 Å². The second-order valence-electron chi connectivity index (χ2n) is 7.44. The number of benzene rings is 2. The number of hydrogen-bond acceptors (Lipinski definition) is 3. The van der Waals surface area contributed by atoms with E-state index in [4.69, 9.17) is 4.74 Å². The van der Waals surface area contributed by atoms with Crippen LogP contribution < -0.4 is 10.3 Å². The number of fused-ring (bicyclic) bond motifs is 1. The normalized spacial score (nSPS) is 13.8. The molecule has 0 spiro atoms. The van der Waals surface area contributed by atoms with Crippen molar-refractivity contribution in [2.75, 3.05) is 0 Å². The lowest BCUT2D eigenvalue weighted by Gasteiger charge is -2.09. The second-order valence-corrected chi connectivity index (χ2v) is 7.44. The molecule has 0 bridgehead atoms. The summed E-state index contributed by atoms with van der Waals surface area (Å²) < 4.78 is 7.40. The van der Waals surface area contributed by atoms with E-state index in [9.17, 15) is 4.79 Å². The fourth-order valence-electron chi connectivity index (χ4n) is 3.33. The number of ether oxygens (including phenoxy) is 1. The molecule has 4 aromatic rings. The van der Waals surface area contributed by atoms with Gasteiger partial charge in [0.2, 0.25) is 0 Å². The van der Waals surface area contributed by atoms with Crippen LogP contribution in [0.1, 0.15) is 35.7 Å². The van der Waals surface area contributed by atoms with Crippen LogP contribution in [0.3, 0.4) is 0 Å². The maximum atomic E-state index is 12.6. The summed E-state index contributed by atoms with van der Waals surface area (Å²) in [7, 11) is 0. The summed E-state index contributed by atoms with van der Waals surface area (Å²) in [5.74, 6) is 2.20. The predicted octanol–water partition coefficient (Wildman–Crippen LogP) is 4.48. The fraction of sp³-hybridized carbons (Fsp3) is 0.217. The first-order valence-corrected chi connectivity index (χ1v) is 9.57. The second kappa shape index (κ2) is 6.68. The highest BCUT2D eigenvalue weighted by molar-refractivity contribution is 5.77. The van der Waals surface area contributed by atoms with Crippen molar-refractivity contribution in [2.24, 2.45) is 0 Å². The van der Waals surface area contributed by atoms with Gasteiger partial charge >= 0.3 is 0 Å². The maximum absolute atomic E-state index is 12.6. The van der Waals surface area contributed by atoms with Gasteiger partial charge in [0.05, 0.1) is 16.7 Å². The summed E-state index contributed by atoms with van der Waals surface area (Å²) >= 11 is 0. The molecule has 5 nitrogen and oxygen atoms in total. The summed E-state index contributed by atoms with van der Waals surface area (Å²) in [4.78, 5) is 20.6. The van der Waals surface area contributed by atoms with Crippen LogP contribution in [0.15, 0.2) is 65.6 Å². The predicted molar refractivity (Wildman–Crippen MR) is 109 cm³/mol. The van der Waals surface area contributed by atoms with Gasteiger partial charge in [-0.1, -0.05) is 29.8 Å². The van der Waals surface area contributed by atoms with Crippen molar-refractivity contribution in [3.05, 3.63) is 88.1 Å². The number of aromatic amines is 1. The lowest BCUT2D eigenvalue weighted by molar-refractivity contribution is 0.305. The molecule has 1 aliphatic carbocycles. The Hall–Kier alpha value is -3.34. The molecule has 28 heavy (non-hydrogen) atoms. The first kappa shape index (κ1) is 16.8. The Morgan fingerprint density at radius 1 is 1.11 bits per heavy atom. The van der Waals surface area contributed by atoms with Gasteiger partial charge in [-0.25, -0.2) is 4.98 Å². The van der Waals surface area contributed by atoms with Crippen molar-refractivity contribution in [1.29, 1.82) is 0 Å². The molecule has 0 amide bonds. The van der Waals surface area contributed by atoms with E-state index in [2.05, 4.69) is 29.0 Å². The van der Waals surface area contributed by atoms with E-state index in [0.29, 0.717) is 18.3 Å². The zero-order valence-electron chi connectivity index (χ0n) is 15.7. The lowest BCUT2D eigenvalue weighted by atomic mass is 10.2. The molecule has 140 valence electrons. The maximum Gasteiger partial charge on any atom is 0.258 e. The van der Waals surface area contributed by atoms with Gasteiger partial charge in [-0.05, 0) is 49.6 Å². The minimum Gasteiger partial charge on any atom is -0.489 e. The first-order chi connectivity index (χ1) is 13.7. The number of imidazole rings is 1. The van der Waals surface area contributed by atoms with Gasteiger partial charge in [0.25, 0.3) is 5.56 Å². The highest BCUT2D eigenvalue weighted by Gasteiger charge is 2.26. The monoisotopic (exact) mass is 371 g/mol. The van der Waals surface area contributed by atoms with Crippen molar-refractivity contribution in [3.63, 3.8) is 0 Å². The Kier molecular flexibility index (Phi) is 4.01. The van der Waals surface area contributed by atoms with E-state index in [1.54, 1.807) is 10.8 Å². The average Bonchev–Trinajstić information content (AvgIpc) is 3.46. The number of pyridine rings is 1. The number of nitrogens with one attached hydrogen (secondary N) is 1. The van der Waals surface area contributed by atoms with Gasteiger partial charge < -0.3 is 9.72 Å². The summed E-state index contributed by atoms with van der Waals surface area (Å²) in [6, 6.07) is 17.4. The summed E-state index contributed by atoms with van der Waals surface area (Å²) in [6.07, 6.45) is 4.17. The topological polar surface area (TPSA) is 59.9 Å². The van der Waals surface area contributed by atoms with Gasteiger partial charge in [-0.2, -0.15) is 0 Å². The molecule has 2 aromatic heterocycles. The third-order valence-electron chi connectivity index (χ3n) is 5.14. The van der Waals surface area contributed by atoms with Crippen molar-refractivity contribution < 1.29 is 4.74 Å². The number of hydrogen-bond donors (Lipinski definition) is 1. The van der Waals surface area contributed by atoms with Crippen molar-refractivity contribution in [1.82, 2.24) is 14.5 Å². The largest absolute Gasteiger partial charge is 0.489 e. The Balaban J connectivity index is 1.37. The van der Waals surface area contributed by atoms with Gasteiger partial charge in [0.15, 0.2) is 0 Å². The molecule has 5 heteroatoms. The zero-order valence-corrected chi connectivity index (χ0v) is 15.7. The van der Waals surface area contributed by atoms with E-state index < -0.39 is 0 Å². The molecule has 1 aliphatic rings. The van der Waals surface area contributed by atoms with E-state index in [-0.39, 0.29) is 5.56 Å². The Morgan fingerprint density at radius 2 is 1.93 bits per heavy atom. The van der Waals surface area contributed by atoms with Crippen LogP contribution in [-0.4, -0.2) is 14.5 Å². The quantitative estimate of drug-likeness (QED) is 0.563. The van der Waals surface area contributed by atoms with Crippen LogP contribution in [0.5, 0.6) is 5.75 Å². The number of H-pyrrole nitrogens is 1. The molecule has 2 heterocycles. The fourth-order valence-corrected chi connectivity index (χ4v) is 3.33. The molecule has 0 aliphatic heterocycles. The molecule has 0 atom stereocenters. The highest BCUT2D eigenvalue weighted by atomic mass is 16.5. The molecule has 2 aromatic carbocycles. The van der Waals surface area contributed by atoms with Crippen molar-refractivity contribution in [3.8, 4) is 11.4 Å².